The van der Waals surface area contributed by atoms with Crippen LogP contribution in [-0.4, -0.2) is 11.4 Å². The second kappa shape index (κ2) is 5.41. The Kier molecular flexibility index (Phi) is 4.10. The van der Waals surface area contributed by atoms with Gasteiger partial charge in [0.25, 0.3) is 0 Å². The molecular weight excluding hydrogens is 158 g/mol. The van der Waals surface area contributed by atoms with E-state index in [2.05, 4.69) is 54.4 Å². The summed E-state index contributed by atoms with van der Waals surface area (Å²) in [6.07, 6.45) is 4.21. The minimum Gasteiger partial charge on any atom is -0.374 e. The van der Waals surface area contributed by atoms with Crippen LogP contribution in [0.3, 0.4) is 0 Å². The fourth-order valence-corrected chi connectivity index (χ4v) is 1.30. The molecule has 0 heterocycles. The molecule has 0 fully saturated rings. The summed E-state index contributed by atoms with van der Waals surface area (Å²) in [5.74, 6) is 0. The number of allylic oxidation sites excluding steroid dienone is 1. The van der Waals surface area contributed by atoms with Crippen LogP contribution < -0.4 is 0 Å². The molecule has 70 valence electrons. The predicted octanol–water partition coefficient (Wildman–Crippen LogP) is 3.04. The van der Waals surface area contributed by atoms with E-state index < -0.39 is 0 Å². The Morgan fingerprint density at radius 3 is 2.46 bits per heavy atom. The lowest BCUT2D eigenvalue weighted by Crippen LogP contribution is -2.15. The fourth-order valence-electron chi connectivity index (χ4n) is 1.30. The normalized spacial score (nSPS) is 10.6. The summed E-state index contributed by atoms with van der Waals surface area (Å²) in [6.45, 7) is 6.28. The number of benzene rings is 1. The van der Waals surface area contributed by atoms with Gasteiger partial charge in [0.2, 0.25) is 0 Å². The van der Waals surface area contributed by atoms with Crippen LogP contribution >= 0.6 is 0 Å². The topological polar surface area (TPSA) is 3.24 Å². The third-order valence-corrected chi connectivity index (χ3v) is 1.99. The summed E-state index contributed by atoms with van der Waals surface area (Å²) in [6, 6.07) is 10.5. The molecule has 1 rings (SSSR count). The number of hydrogen-bond acceptors (Lipinski definition) is 1. The van der Waals surface area contributed by atoms with E-state index in [4.69, 9.17) is 0 Å². The molecule has 0 amide bonds. The molecule has 0 aliphatic carbocycles. The van der Waals surface area contributed by atoms with Gasteiger partial charge in [-0.2, -0.15) is 0 Å². The Bertz CT molecular complexity index is 251. The molecule has 1 nitrogen and oxygen atoms in total. The molecular formula is C12H17N. The molecule has 0 aliphatic rings. The van der Waals surface area contributed by atoms with Crippen LogP contribution in [0.2, 0.25) is 0 Å². The smallest absolute Gasteiger partial charge is 0.0423 e. The van der Waals surface area contributed by atoms with Gasteiger partial charge in [-0.3, -0.25) is 0 Å². The van der Waals surface area contributed by atoms with E-state index in [-0.39, 0.29) is 0 Å². The Morgan fingerprint density at radius 2 is 1.92 bits per heavy atom. The summed E-state index contributed by atoms with van der Waals surface area (Å²) in [5.41, 5.74) is 1.36. The zero-order valence-corrected chi connectivity index (χ0v) is 8.40. The van der Waals surface area contributed by atoms with Crippen LogP contribution in [0, 0.1) is 0 Å². The predicted molar refractivity (Wildman–Crippen MR) is 57.3 cm³/mol. The first-order chi connectivity index (χ1) is 6.36. The first-order valence-electron chi connectivity index (χ1n) is 4.77. The van der Waals surface area contributed by atoms with Gasteiger partial charge in [-0.1, -0.05) is 36.4 Å². The highest BCUT2D eigenvalue weighted by atomic mass is 15.1. The molecule has 0 saturated carbocycles. The molecule has 0 spiro atoms. The first kappa shape index (κ1) is 9.85. The average Bonchev–Trinajstić information content (AvgIpc) is 2.19. The highest BCUT2D eigenvalue weighted by Gasteiger charge is 1.96. The monoisotopic (exact) mass is 175 g/mol. The molecule has 0 unspecified atom stereocenters. The van der Waals surface area contributed by atoms with Gasteiger partial charge in [-0.05, 0) is 25.6 Å². The largest absolute Gasteiger partial charge is 0.374 e. The van der Waals surface area contributed by atoms with Crippen molar-refractivity contribution in [1.82, 2.24) is 4.90 Å². The maximum Gasteiger partial charge on any atom is 0.0423 e. The molecule has 0 bridgehead atoms. The van der Waals surface area contributed by atoms with E-state index in [0.29, 0.717) is 0 Å². The van der Waals surface area contributed by atoms with E-state index in [0.717, 1.165) is 13.1 Å². The van der Waals surface area contributed by atoms with Crippen molar-refractivity contribution in [3.63, 3.8) is 0 Å². The molecule has 0 aliphatic heterocycles. The van der Waals surface area contributed by atoms with Gasteiger partial charge in [-0.25, -0.2) is 0 Å². The zero-order valence-electron chi connectivity index (χ0n) is 8.40. The van der Waals surface area contributed by atoms with Gasteiger partial charge in [0.15, 0.2) is 0 Å². The standard InChI is InChI=1S/C12H17N/c1-3-10-13(4-2)11-12-8-6-5-7-9-12/h3,5-10H,4,11H2,1-2H3/b10-3-. The number of nitrogens with zero attached hydrogens (tertiary/aromatic N) is 1. The van der Waals surface area contributed by atoms with Gasteiger partial charge in [0.05, 0.1) is 0 Å². The Morgan fingerprint density at radius 1 is 1.23 bits per heavy atom. The van der Waals surface area contributed by atoms with Crippen LogP contribution in [0.5, 0.6) is 0 Å². The van der Waals surface area contributed by atoms with Gasteiger partial charge in [0.1, 0.15) is 0 Å². The summed E-state index contributed by atoms with van der Waals surface area (Å²) in [5, 5.41) is 0. The van der Waals surface area contributed by atoms with Crippen molar-refractivity contribution in [3.8, 4) is 0 Å². The molecule has 1 heteroatoms. The van der Waals surface area contributed by atoms with Crippen molar-refractivity contribution >= 4 is 0 Å². The third-order valence-electron chi connectivity index (χ3n) is 1.99. The SMILES string of the molecule is C/C=C\N(CC)Cc1ccccc1. The maximum absolute atomic E-state index is 2.29. The molecule has 1 aromatic carbocycles. The van der Waals surface area contributed by atoms with E-state index >= 15 is 0 Å². The van der Waals surface area contributed by atoms with Crippen LogP contribution in [0.4, 0.5) is 0 Å². The Balaban J connectivity index is 2.56. The molecule has 0 aromatic heterocycles. The van der Waals surface area contributed by atoms with E-state index in [1.165, 1.54) is 5.56 Å². The quantitative estimate of drug-likeness (QED) is 0.680. The van der Waals surface area contributed by atoms with E-state index in [9.17, 15) is 0 Å². The second-order valence-corrected chi connectivity index (χ2v) is 3.03. The van der Waals surface area contributed by atoms with Crippen molar-refractivity contribution in [2.24, 2.45) is 0 Å². The minimum absolute atomic E-state index is 1.00. The summed E-state index contributed by atoms with van der Waals surface area (Å²) in [7, 11) is 0. The van der Waals surface area contributed by atoms with Crippen molar-refractivity contribution in [1.29, 1.82) is 0 Å². The first-order valence-corrected chi connectivity index (χ1v) is 4.77. The van der Waals surface area contributed by atoms with Crippen LogP contribution in [0.15, 0.2) is 42.6 Å². The van der Waals surface area contributed by atoms with Crippen molar-refractivity contribution < 1.29 is 0 Å². The van der Waals surface area contributed by atoms with Gasteiger partial charge < -0.3 is 4.90 Å². The molecule has 0 N–H and O–H groups in total. The molecule has 0 radical (unpaired) electrons. The molecule has 1 aromatic rings. The molecule has 13 heavy (non-hydrogen) atoms. The van der Waals surface area contributed by atoms with Crippen LogP contribution in [0.25, 0.3) is 0 Å². The third kappa shape index (κ3) is 3.32. The highest BCUT2D eigenvalue weighted by Crippen LogP contribution is 2.04. The highest BCUT2D eigenvalue weighted by molar-refractivity contribution is 5.14. The lowest BCUT2D eigenvalue weighted by atomic mass is 10.2. The lowest BCUT2D eigenvalue weighted by Gasteiger charge is -2.17. The average molecular weight is 175 g/mol. The van der Waals surface area contributed by atoms with Gasteiger partial charge in [-0.15, -0.1) is 0 Å². The Labute approximate surface area is 80.7 Å². The second-order valence-electron chi connectivity index (χ2n) is 3.03. The summed E-state index contributed by atoms with van der Waals surface area (Å²) < 4.78 is 0. The maximum atomic E-state index is 2.29. The summed E-state index contributed by atoms with van der Waals surface area (Å²) in [4.78, 5) is 2.29. The number of hydrogen-bond donors (Lipinski definition) is 0. The fraction of sp³-hybridized carbons (Fsp3) is 0.333. The van der Waals surface area contributed by atoms with E-state index in [1.54, 1.807) is 0 Å². The van der Waals surface area contributed by atoms with Crippen LogP contribution in [0.1, 0.15) is 19.4 Å². The summed E-state index contributed by atoms with van der Waals surface area (Å²) >= 11 is 0. The lowest BCUT2D eigenvalue weighted by molar-refractivity contribution is 0.389. The zero-order chi connectivity index (χ0) is 9.52. The van der Waals surface area contributed by atoms with Crippen molar-refractivity contribution in [3.05, 3.63) is 48.2 Å². The number of rotatable bonds is 4. The van der Waals surface area contributed by atoms with Crippen LogP contribution in [-0.2, 0) is 6.54 Å². The van der Waals surface area contributed by atoms with Crippen molar-refractivity contribution in [2.75, 3.05) is 6.54 Å². The minimum atomic E-state index is 1.00. The van der Waals surface area contributed by atoms with Gasteiger partial charge >= 0.3 is 0 Å². The van der Waals surface area contributed by atoms with Gasteiger partial charge in [0, 0.05) is 13.1 Å². The molecule has 0 atom stereocenters. The molecule has 0 saturated heterocycles. The van der Waals surface area contributed by atoms with E-state index in [1.807, 2.05) is 6.92 Å². The van der Waals surface area contributed by atoms with Crippen molar-refractivity contribution in [2.45, 2.75) is 20.4 Å². The Hall–Kier alpha value is -1.24.